The third-order valence-electron chi connectivity index (χ3n) is 4.27. The quantitative estimate of drug-likeness (QED) is 0.308. The number of thiocarbonyl (C=S) groups is 1. The molecule has 3 N–H and O–H groups in total. The van der Waals surface area contributed by atoms with Crippen molar-refractivity contribution in [1.29, 1.82) is 0 Å². The van der Waals surface area contributed by atoms with Gasteiger partial charge in [0.15, 0.2) is 5.11 Å². The first-order chi connectivity index (χ1) is 14.5. The third kappa shape index (κ3) is 5.89. The highest BCUT2D eigenvalue weighted by Gasteiger charge is 2.06. The molecule has 0 fully saturated rings. The lowest BCUT2D eigenvalue weighted by Crippen LogP contribution is -2.19. The molecule has 3 rings (SSSR count). The minimum absolute atomic E-state index is 0.285. The lowest BCUT2D eigenvalue weighted by molar-refractivity contribution is 0.0955. The Labute approximate surface area is 181 Å². The molecule has 30 heavy (non-hydrogen) atoms. The number of rotatable bonds is 6. The third-order valence-corrected chi connectivity index (χ3v) is 4.47. The van der Waals surface area contributed by atoms with Crippen LogP contribution in [0.4, 0.5) is 11.4 Å². The Morgan fingerprint density at radius 1 is 0.833 bits per heavy atom. The average molecular weight is 419 g/mol. The van der Waals surface area contributed by atoms with Crippen molar-refractivity contribution in [2.45, 2.75) is 6.92 Å². The molecule has 0 aromatic heterocycles. The molecule has 0 atom stereocenters. The van der Waals surface area contributed by atoms with E-state index in [1.807, 2.05) is 61.5 Å². The van der Waals surface area contributed by atoms with E-state index >= 15 is 0 Å². The number of benzene rings is 3. The van der Waals surface area contributed by atoms with Crippen molar-refractivity contribution in [2.75, 3.05) is 17.7 Å². The molecular weight excluding hydrogens is 396 g/mol. The van der Waals surface area contributed by atoms with Crippen LogP contribution in [0, 0.1) is 0 Å². The zero-order valence-corrected chi connectivity index (χ0v) is 17.5. The monoisotopic (exact) mass is 418 g/mol. The van der Waals surface area contributed by atoms with E-state index in [4.69, 9.17) is 17.0 Å². The fourth-order valence-electron chi connectivity index (χ4n) is 2.62. The van der Waals surface area contributed by atoms with Gasteiger partial charge in [-0.25, -0.2) is 5.43 Å². The number of para-hydroxylation sites is 1. The van der Waals surface area contributed by atoms with Crippen LogP contribution in [0.25, 0.3) is 0 Å². The molecule has 0 bridgehead atoms. The summed E-state index contributed by atoms with van der Waals surface area (Å²) in [6.07, 6.45) is 0. The van der Waals surface area contributed by atoms with Gasteiger partial charge < -0.3 is 15.4 Å². The first-order valence-electron chi connectivity index (χ1n) is 9.27. The zero-order chi connectivity index (χ0) is 21.3. The Balaban J connectivity index is 1.56. The lowest BCUT2D eigenvalue weighted by Gasteiger charge is -2.11. The number of hydrogen-bond acceptors (Lipinski definition) is 4. The van der Waals surface area contributed by atoms with Gasteiger partial charge >= 0.3 is 0 Å². The number of methoxy groups -OCH3 is 1. The summed E-state index contributed by atoms with van der Waals surface area (Å²) in [6, 6.07) is 24.2. The van der Waals surface area contributed by atoms with Crippen LogP contribution in [0.15, 0.2) is 84.0 Å². The van der Waals surface area contributed by atoms with E-state index in [1.165, 1.54) is 0 Å². The van der Waals surface area contributed by atoms with Crippen LogP contribution < -0.4 is 20.8 Å². The molecule has 152 valence electrons. The van der Waals surface area contributed by atoms with Crippen LogP contribution in [-0.4, -0.2) is 23.8 Å². The highest BCUT2D eigenvalue weighted by molar-refractivity contribution is 7.80. The number of hydrazone groups is 1. The topological polar surface area (TPSA) is 74.8 Å². The lowest BCUT2D eigenvalue weighted by atomic mass is 10.1. The SMILES string of the molecule is COc1ccc(C(=O)N/N=C(/C)c2ccc(NC(=S)Nc3ccccc3)cc2)cc1. The standard InChI is InChI=1S/C23H22N4O2S/c1-16(26-27-22(28)18-10-14-21(29-2)15-11-18)17-8-12-20(13-9-17)25-23(30)24-19-6-4-3-5-7-19/h3-15H,1-2H3,(H,27,28)(H2,24,25,30)/b26-16-. The van der Waals surface area contributed by atoms with Gasteiger partial charge in [0.05, 0.1) is 12.8 Å². The summed E-state index contributed by atoms with van der Waals surface area (Å²) < 4.78 is 5.09. The second-order valence-electron chi connectivity index (χ2n) is 6.39. The van der Waals surface area contributed by atoms with E-state index in [0.29, 0.717) is 22.1 Å². The van der Waals surface area contributed by atoms with E-state index in [-0.39, 0.29) is 5.91 Å². The molecule has 6 nitrogen and oxygen atoms in total. The van der Waals surface area contributed by atoms with Gasteiger partial charge in [0.2, 0.25) is 0 Å². The molecule has 3 aromatic carbocycles. The predicted molar refractivity (Wildman–Crippen MR) is 125 cm³/mol. The van der Waals surface area contributed by atoms with Gasteiger partial charge in [0.1, 0.15) is 5.75 Å². The van der Waals surface area contributed by atoms with Gasteiger partial charge in [-0.2, -0.15) is 5.10 Å². The van der Waals surface area contributed by atoms with E-state index in [1.54, 1.807) is 31.4 Å². The molecule has 0 spiro atoms. The molecule has 0 saturated heterocycles. The van der Waals surface area contributed by atoms with E-state index in [0.717, 1.165) is 16.9 Å². The fraction of sp³-hybridized carbons (Fsp3) is 0.0870. The van der Waals surface area contributed by atoms with Crippen LogP contribution in [-0.2, 0) is 0 Å². The maximum atomic E-state index is 12.2. The summed E-state index contributed by atoms with van der Waals surface area (Å²) in [5, 5.41) is 11.0. The van der Waals surface area contributed by atoms with Crippen LogP contribution in [0.2, 0.25) is 0 Å². The maximum Gasteiger partial charge on any atom is 0.271 e. The van der Waals surface area contributed by atoms with Gasteiger partial charge in [-0.05, 0) is 73.2 Å². The van der Waals surface area contributed by atoms with Gasteiger partial charge in [-0.1, -0.05) is 30.3 Å². The Morgan fingerprint density at radius 3 is 2.00 bits per heavy atom. The molecule has 1 amide bonds. The van der Waals surface area contributed by atoms with Gasteiger partial charge in [0.25, 0.3) is 5.91 Å². The Morgan fingerprint density at radius 2 is 1.40 bits per heavy atom. The maximum absolute atomic E-state index is 12.2. The summed E-state index contributed by atoms with van der Waals surface area (Å²) in [5.74, 6) is 0.408. The van der Waals surface area contributed by atoms with Gasteiger partial charge in [-0.3, -0.25) is 4.79 Å². The molecule has 0 aliphatic carbocycles. The molecule has 7 heteroatoms. The van der Waals surface area contributed by atoms with Crippen LogP contribution in [0.3, 0.4) is 0 Å². The number of carbonyl (C=O) groups excluding carboxylic acids is 1. The second kappa shape index (κ2) is 10.2. The largest absolute Gasteiger partial charge is 0.497 e. The number of hydrogen-bond donors (Lipinski definition) is 3. The molecular formula is C23H22N4O2S. The fourth-order valence-corrected chi connectivity index (χ4v) is 2.85. The van der Waals surface area contributed by atoms with Crippen molar-refractivity contribution < 1.29 is 9.53 Å². The number of amides is 1. The van der Waals surface area contributed by atoms with Crippen LogP contribution >= 0.6 is 12.2 Å². The average Bonchev–Trinajstić information content (AvgIpc) is 2.78. The number of ether oxygens (including phenoxy) is 1. The summed E-state index contributed by atoms with van der Waals surface area (Å²) in [5.41, 5.74) is 6.42. The smallest absolute Gasteiger partial charge is 0.271 e. The molecule has 0 radical (unpaired) electrons. The van der Waals surface area contributed by atoms with Crippen molar-refractivity contribution in [1.82, 2.24) is 5.43 Å². The first kappa shape index (κ1) is 21.0. The molecule has 0 saturated carbocycles. The van der Waals surface area contributed by atoms with Crippen molar-refractivity contribution in [3.05, 3.63) is 90.0 Å². The van der Waals surface area contributed by atoms with Gasteiger partial charge in [-0.15, -0.1) is 0 Å². The minimum Gasteiger partial charge on any atom is -0.497 e. The summed E-state index contributed by atoms with van der Waals surface area (Å²) >= 11 is 5.33. The van der Waals surface area contributed by atoms with E-state index in [2.05, 4.69) is 21.2 Å². The normalized spacial score (nSPS) is 10.8. The predicted octanol–water partition coefficient (Wildman–Crippen LogP) is 4.66. The second-order valence-corrected chi connectivity index (χ2v) is 6.80. The minimum atomic E-state index is -0.285. The Hall–Kier alpha value is -3.71. The Kier molecular flexibility index (Phi) is 7.13. The molecule has 3 aromatic rings. The van der Waals surface area contributed by atoms with Gasteiger partial charge in [0, 0.05) is 16.9 Å². The molecule has 0 aliphatic rings. The van der Waals surface area contributed by atoms with Crippen LogP contribution in [0.5, 0.6) is 5.75 Å². The van der Waals surface area contributed by atoms with E-state index in [9.17, 15) is 4.79 Å². The summed E-state index contributed by atoms with van der Waals surface area (Å²) in [7, 11) is 1.58. The molecule has 0 unspecified atom stereocenters. The van der Waals surface area contributed by atoms with Crippen LogP contribution in [0.1, 0.15) is 22.8 Å². The van der Waals surface area contributed by atoms with Crippen molar-refractivity contribution >= 4 is 40.3 Å². The number of nitrogens with one attached hydrogen (secondary N) is 3. The zero-order valence-electron chi connectivity index (χ0n) is 16.7. The van der Waals surface area contributed by atoms with Crippen molar-refractivity contribution in [2.24, 2.45) is 5.10 Å². The number of carbonyl (C=O) groups is 1. The summed E-state index contributed by atoms with van der Waals surface area (Å²) in [6.45, 7) is 1.83. The number of nitrogens with zero attached hydrogens (tertiary/aromatic N) is 1. The van der Waals surface area contributed by atoms with Crippen molar-refractivity contribution in [3.63, 3.8) is 0 Å². The first-order valence-corrected chi connectivity index (χ1v) is 9.68. The highest BCUT2D eigenvalue weighted by Crippen LogP contribution is 2.13. The Bertz CT molecular complexity index is 1030. The van der Waals surface area contributed by atoms with E-state index < -0.39 is 0 Å². The highest BCUT2D eigenvalue weighted by atomic mass is 32.1. The molecule has 0 heterocycles. The molecule has 0 aliphatic heterocycles. The summed E-state index contributed by atoms with van der Waals surface area (Å²) in [4.78, 5) is 12.2. The number of anilines is 2. The van der Waals surface area contributed by atoms with Crippen molar-refractivity contribution in [3.8, 4) is 5.75 Å².